The van der Waals surface area contributed by atoms with Gasteiger partial charge in [-0.1, -0.05) is 0 Å². The third kappa shape index (κ3) is 3.54. The highest BCUT2D eigenvalue weighted by Crippen LogP contribution is 2.27. The van der Waals surface area contributed by atoms with Crippen LogP contribution < -0.4 is 10.0 Å². The predicted octanol–water partition coefficient (Wildman–Crippen LogP) is 1.57. The van der Waals surface area contributed by atoms with Crippen LogP contribution in [0.4, 0.5) is 11.4 Å². The number of anilines is 1. The van der Waals surface area contributed by atoms with E-state index in [0.29, 0.717) is 6.54 Å². The van der Waals surface area contributed by atoms with E-state index < -0.39 is 14.9 Å². The lowest BCUT2D eigenvalue weighted by Crippen LogP contribution is -2.18. The van der Waals surface area contributed by atoms with Gasteiger partial charge in [0.2, 0.25) is 10.0 Å². The predicted molar refractivity (Wildman–Crippen MR) is 78.8 cm³/mol. The summed E-state index contributed by atoms with van der Waals surface area (Å²) in [6.45, 7) is 0.322. The third-order valence-corrected chi connectivity index (χ3v) is 4.74. The van der Waals surface area contributed by atoms with Gasteiger partial charge >= 0.3 is 0 Å². The number of hydrogen-bond acceptors (Lipinski definition) is 7. The molecule has 0 aliphatic rings. The number of nitro benzene ring substituents is 1. The number of nitrogens with one attached hydrogen (secondary N) is 2. The first-order valence-electron chi connectivity index (χ1n) is 5.77. The fraction of sp³-hybridized carbons (Fsp3) is 0.182. The van der Waals surface area contributed by atoms with E-state index in [4.69, 9.17) is 0 Å². The van der Waals surface area contributed by atoms with Gasteiger partial charge in [-0.05, 0) is 19.2 Å². The van der Waals surface area contributed by atoms with Gasteiger partial charge in [-0.15, -0.1) is 11.3 Å². The first-order valence-corrected chi connectivity index (χ1v) is 8.19. The van der Waals surface area contributed by atoms with Crippen LogP contribution in [0.1, 0.15) is 5.69 Å². The van der Waals surface area contributed by atoms with E-state index in [1.807, 2.05) is 5.38 Å². The van der Waals surface area contributed by atoms with Crippen LogP contribution in [0.15, 0.2) is 34.0 Å². The van der Waals surface area contributed by atoms with E-state index in [0.717, 1.165) is 11.8 Å². The minimum absolute atomic E-state index is 0.157. The lowest BCUT2D eigenvalue weighted by molar-refractivity contribution is -0.384. The van der Waals surface area contributed by atoms with Gasteiger partial charge in [0.25, 0.3) is 5.69 Å². The molecule has 0 fully saturated rings. The van der Waals surface area contributed by atoms with Gasteiger partial charge in [0, 0.05) is 11.4 Å². The Morgan fingerprint density at radius 1 is 1.43 bits per heavy atom. The first-order chi connectivity index (χ1) is 9.94. The number of benzene rings is 1. The van der Waals surface area contributed by atoms with Crippen molar-refractivity contribution >= 4 is 32.7 Å². The maximum atomic E-state index is 11.7. The van der Waals surface area contributed by atoms with Crippen LogP contribution in [-0.2, 0) is 16.6 Å². The van der Waals surface area contributed by atoms with E-state index in [-0.39, 0.29) is 16.3 Å². The zero-order chi connectivity index (χ0) is 15.5. The fourth-order valence-corrected chi connectivity index (χ4v) is 2.92. The average molecular weight is 328 g/mol. The molecule has 1 aromatic carbocycles. The van der Waals surface area contributed by atoms with Gasteiger partial charge in [0.1, 0.15) is 5.69 Å². The van der Waals surface area contributed by atoms with Crippen molar-refractivity contribution in [2.24, 2.45) is 0 Å². The molecule has 0 amide bonds. The zero-order valence-electron chi connectivity index (χ0n) is 10.9. The molecule has 0 saturated carbocycles. The Hall–Kier alpha value is -2.04. The van der Waals surface area contributed by atoms with E-state index in [9.17, 15) is 18.5 Å². The molecule has 0 aliphatic carbocycles. The highest BCUT2D eigenvalue weighted by atomic mass is 32.2. The maximum Gasteiger partial charge on any atom is 0.293 e. The van der Waals surface area contributed by atoms with Crippen LogP contribution in [0.2, 0.25) is 0 Å². The molecule has 0 aliphatic heterocycles. The minimum Gasteiger partial charge on any atom is -0.374 e. The Morgan fingerprint density at radius 2 is 2.19 bits per heavy atom. The second kappa shape index (κ2) is 6.16. The Bertz CT molecular complexity index is 744. The summed E-state index contributed by atoms with van der Waals surface area (Å²) in [6.07, 6.45) is 0. The molecule has 2 rings (SSSR count). The second-order valence-electron chi connectivity index (χ2n) is 3.98. The molecule has 112 valence electrons. The Morgan fingerprint density at radius 3 is 2.76 bits per heavy atom. The Balaban J connectivity index is 2.31. The SMILES string of the molecule is CNS(=O)(=O)c1ccc(NCc2cscn2)c([N+](=O)[O-])c1. The average Bonchev–Trinajstić information content (AvgIpc) is 2.98. The molecule has 2 N–H and O–H groups in total. The lowest BCUT2D eigenvalue weighted by atomic mass is 10.2. The lowest BCUT2D eigenvalue weighted by Gasteiger charge is -2.08. The van der Waals surface area contributed by atoms with Gasteiger partial charge in [-0.3, -0.25) is 10.1 Å². The van der Waals surface area contributed by atoms with Crippen LogP contribution in [0, 0.1) is 10.1 Å². The number of nitrogens with zero attached hydrogens (tertiary/aromatic N) is 2. The smallest absolute Gasteiger partial charge is 0.293 e. The highest BCUT2D eigenvalue weighted by Gasteiger charge is 2.20. The van der Waals surface area contributed by atoms with Gasteiger partial charge in [-0.2, -0.15) is 0 Å². The number of hydrogen-bond donors (Lipinski definition) is 2. The van der Waals surface area contributed by atoms with Crippen molar-refractivity contribution < 1.29 is 13.3 Å². The third-order valence-electron chi connectivity index (χ3n) is 2.69. The topological polar surface area (TPSA) is 114 Å². The summed E-state index contributed by atoms with van der Waals surface area (Å²) >= 11 is 1.42. The molecule has 1 heterocycles. The van der Waals surface area contributed by atoms with Gasteiger partial charge < -0.3 is 5.32 Å². The standard InChI is InChI=1S/C11H12N4O4S2/c1-12-21(18,19)9-2-3-10(11(4-9)15(16)17)13-5-8-6-20-7-14-8/h2-4,6-7,12-13H,5H2,1H3. The molecule has 0 saturated heterocycles. The summed E-state index contributed by atoms with van der Waals surface area (Å²) < 4.78 is 25.5. The van der Waals surface area contributed by atoms with E-state index in [1.165, 1.54) is 30.5 Å². The number of thiazole rings is 1. The Kier molecular flexibility index (Phi) is 4.50. The number of nitro groups is 1. The Labute approximate surface area is 125 Å². The van der Waals surface area contributed by atoms with Crippen LogP contribution >= 0.6 is 11.3 Å². The zero-order valence-corrected chi connectivity index (χ0v) is 12.6. The molecule has 10 heteroatoms. The van der Waals surface area contributed by atoms with Crippen molar-refractivity contribution in [1.29, 1.82) is 0 Å². The molecular weight excluding hydrogens is 316 g/mol. The molecule has 8 nitrogen and oxygen atoms in total. The summed E-state index contributed by atoms with van der Waals surface area (Å²) in [5, 5.41) is 15.8. The molecular formula is C11H12N4O4S2. The van der Waals surface area contributed by atoms with Gasteiger partial charge in [0.05, 0.1) is 27.6 Å². The molecule has 1 aromatic heterocycles. The summed E-state index contributed by atoms with van der Waals surface area (Å²) in [5.74, 6) is 0. The summed E-state index contributed by atoms with van der Waals surface area (Å²) in [5.41, 5.74) is 2.35. The summed E-state index contributed by atoms with van der Waals surface area (Å²) in [7, 11) is -2.48. The van der Waals surface area contributed by atoms with Crippen molar-refractivity contribution in [2.75, 3.05) is 12.4 Å². The van der Waals surface area contributed by atoms with Crippen LogP contribution in [-0.4, -0.2) is 25.4 Å². The number of rotatable bonds is 6. The van der Waals surface area contributed by atoms with E-state index in [1.54, 1.807) is 5.51 Å². The second-order valence-corrected chi connectivity index (χ2v) is 6.58. The van der Waals surface area contributed by atoms with Crippen molar-refractivity contribution in [3.63, 3.8) is 0 Å². The monoisotopic (exact) mass is 328 g/mol. The van der Waals surface area contributed by atoms with Crippen molar-refractivity contribution in [3.8, 4) is 0 Å². The molecule has 0 unspecified atom stereocenters. The largest absolute Gasteiger partial charge is 0.374 e. The number of sulfonamides is 1. The minimum atomic E-state index is -3.72. The number of aromatic nitrogens is 1. The van der Waals surface area contributed by atoms with Crippen LogP contribution in [0.5, 0.6) is 0 Å². The molecule has 21 heavy (non-hydrogen) atoms. The van der Waals surface area contributed by atoms with Crippen molar-refractivity contribution in [3.05, 3.63) is 44.9 Å². The summed E-state index contributed by atoms with van der Waals surface area (Å²) in [4.78, 5) is 14.4. The molecule has 0 radical (unpaired) electrons. The maximum absolute atomic E-state index is 11.7. The highest BCUT2D eigenvalue weighted by molar-refractivity contribution is 7.89. The fourth-order valence-electron chi connectivity index (χ4n) is 1.61. The summed E-state index contributed by atoms with van der Waals surface area (Å²) in [6, 6.07) is 3.70. The quantitative estimate of drug-likeness (QED) is 0.614. The molecule has 2 aromatic rings. The molecule has 0 bridgehead atoms. The molecule has 0 atom stereocenters. The van der Waals surface area contributed by atoms with Crippen molar-refractivity contribution in [1.82, 2.24) is 9.71 Å². The van der Waals surface area contributed by atoms with Gasteiger partial charge in [0.15, 0.2) is 0 Å². The molecule has 0 spiro atoms. The van der Waals surface area contributed by atoms with E-state index in [2.05, 4.69) is 15.0 Å². The first kappa shape index (κ1) is 15.4. The van der Waals surface area contributed by atoms with E-state index >= 15 is 0 Å². The van der Waals surface area contributed by atoms with Crippen LogP contribution in [0.3, 0.4) is 0 Å². The normalized spacial score (nSPS) is 11.3. The van der Waals surface area contributed by atoms with Gasteiger partial charge in [-0.25, -0.2) is 18.1 Å². The van der Waals surface area contributed by atoms with Crippen molar-refractivity contribution in [2.45, 2.75) is 11.4 Å². The van der Waals surface area contributed by atoms with Crippen LogP contribution in [0.25, 0.3) is 0 Å².